The second-order valence-electron chi connectivity index (χ2n) is 2.37. The predicted octanol–water partition coefficient (Wildman–Crippen LogP) is -0.909. The highest BCUT2D eigenvalue weighted by atomic mass is 16.4. The fraction of sp³-hybridized carbons (Fsp3) is 0.125. The zero-order valence-electron chi connectivity index (χ0n) is 7.10. The summed E-state index contributed by atoms with van der Waals surface area (Å²) in [6.07, 6.45) is 0.250. The molecule has 5 heteroatoms. The molecule has 0 aliphatic heterocycles. The van der Waals surface area contributed by atoms with E-state index in [0.717, 1.165) is 5.56 Å². The molecule has 0 fully saturated rings. The third kappa shape index (κ3) is 4.93. The summed E-state index contributed by atoms with van der Waals surface area (Å²) in [4.78, 5) is 16.2. The summed E-state index contributed by atoms with van der Waals surface area (Å²) in [5.41, 5.74) is 1.57. The van der Waals surface area contributed by atoms with Gasteiger partial charge in [-0.15, -0.1) is 0 Å². The molecule has 68 valence electrons. The van der Waals surface area contributed by atoms with Gasteiger partial charge in [0.2, 0.25) is 0 Å². The van der Waals surface area contributed by atoms with Gasteiger partial charge in [0.05, 0.1) is 0 Å². The van der Waals surface area contributed by atoms with Gasteiger partial charge in [-0.3, -0.25) is 0 Å². The monoisotopic (exact) mass is 180 g/mol. The lowest BCUT2D eigenvalue weighted by atomic mass is 9.80. The van der Waals surface area contributed by atoms with Crippen LogP contribution < -0.4 is 5.46 Å². The van der Waals surface area contributed by atoms with E-state index < -0.39 is 7.12 Å². The van der Waals surface area contributed by atoms with Crippen molar-refractivity contribution >= 4 is 18.7 Å². The minimum Gasteiger partial charge on any atom is -0.423 e. The zero-order valence-corrected chi connectivity index (χ0v) is 7.10. The van der Waals surface area contributed by atoms with Gasteiger partial charge in [-0.1, -0.05) is 29.8 Å². The lowest BCUT2D eigenvalue weighted by molar-refractivity contribution is -0.191. The summed E-state index contributed by atoms with van der Waals surface area (Å²) >= 11 is 0. The average Bonchev–Trinajstić information content (AvgIpc) is 2.05. The maximum atomic E-state index is 8.70. The number of rotatable bonds is 1. The summed E-state index contributed by atoms with van der Waals surface area (Å²) in [7, 11) is -1.35. The molecule has 0 bridgehead atoms. The first-order valence-electron chi connectivity index (χ1n) is 3.53. The van der Waals surface area contributed by atoms with Crippen molar-refractivity contribution in [1.82, 2.24) is 0 Å². The Kier molecular flexibility index (Phi) is 5.47. The normalized spacial score (nSPS) is 7.92. The van der Waals surface area contributed by atoms with Gasteiger partial charge in [-0.25, -0.2) is 0 Å². The van der Waals surface area contributed by atoms with E-state index in [4.69, 9.17) is 19.6 Å². The van der Waals surface area contributed by atoms with Gasteiger partial charge < -0.3 is 10.0 Å². The van der Waals surface area contributed by atoms with Gasteiger partial charge in [0, 0.05) is 0 Å². The molecule has 1 aromatic carbocycles. The molecule has 0 unspecified atom stereocenters. The quantitative estimate of drug-likeness (QED) is 0.548. The van der Waals surface area contributed by atoms with Crippen molar-refractivity contribution in [3.05, 3.63) is 29.8 Å². The highest BCUT2D eigenvalue weighted by Gasteiger charge is 2.08. The molecule has 0 aromatic heterocycles. The van der Waals surface area contributed by atoms with E-state index in [1.807, 2.05) is 13.0 Å². The van der Waals surface area contributed by atoms with Crippen LogP contribution in [-0.4, -0.2) is 23.3 Å². The fourth-order valence-corrected chi connectivity index (χ4v) is 0.831. The van der Waals surface area contributed by atoms with Crippen LogP contribution in [0.1, 0.15) is 5.56 Å². The molecule has 4 nitrogen and oxygen atoms in total. The predicted molar refractivity (Wildman–Crippen MR) is 46.0 cm³/mol. The van der Waals surface area contributed by atoms with Crippen molar-refractivity contribution in [3.63, 3.8) is 0 Å². The largest absolute Gasteiger partial charge is 0.488 e. The van der Waals surface area contributed by atoms with Crippen molar-refractivity contribution < 1.29 is 19.6 Å². The molecule has 0 amide bonds. The molecule has 2 N–H and O–H groups in total. The van der Waals surface area contributed by atoms with Crippen LogP contribution in [0.15, 0.2) is 24.3 Å². The van der Waals surface area contributed by atoms with E-state index in [1.54, 1.807) is 18.2 Å². The van der Waals surface area contributed by atoms with Crippen LogP contribution in [-0.2, 0) is 9.59 Å². The van der Waals surface area contributed by atoms with E-state index >= 15 is 0 Å². The van der Waals surface area contributed by atoms with Gasteiger partial charge >= 0.3 is 13.3 Å². The lowest BCUT2D eigenvalue weighted by Gasteiger charge is -1.98. The Morgan fingerprint density at radius 1 is 1.31 bits per heavy atom. The Bertz CT molecular complexity index is 292. The molecule has 0 radical (unpaired) electrons. The molecular formula is C8H9BO4. The van der Waals surface area contributed by atoms with Crippen molar-refractivity contribution in [2.24, 2.45) is 0 Å². The molecule has 13 heavy (non-hydrogen) atoms. The van der Waals surface area contributed by atoms with Crippen molar-refractivity contribution in [2.75, 3.05) is 0 Å². The van der Waals surface area contributed by atoms with Crippen molar-refractivity contribution in [1.29, 1.82) is 0 Å². The van der Waals surface area contributed by atoms with Crippen LogP contribution in [0.25, 0.3) is 0 Å². The van der Waals surface area contributed by atoms with Crippen molar-refractivity contribution in [2.45, 2.75) is 6.92 Å². The van der Waals surface area contributed by atoms with Crippen LogP contribution in [0.4, 0.5) is 0 Å². The molecular weight excluding hydrogens is 171 g/mol. The van der Waals surface area contributed by atoms with Crippen molar-refractivity contribution in [3.8, 4) is 0 Å². The zero-order chi connectivity index (χ0) is 10.3. The van der Waals surface area contributed by atoms with Gasteiger partial charge in [0.15, 0.2) is 0 Å². The Labute approximate surface area is 76.0 Å². The molecule has 0 aliphatic carbocycles. The van der Waals surface area contributed by atoms with E-state index in [0.29, 0.717) is 5.46 Å². The molecule has 0 saturated heterocycles. The van der Waals surface area contributed by atoms with E-state index in [9.17, 15) is 0 Å². The minimum absolute atomic E-state index is 0.250. The van der Waals surface area contributed by atoms with E-state index in [1.165, 1.54) is 0 Å². The third-order valence-corrected chi connectivity index (χ3v) is 1.34. The third-order valence-electron chi connectivity index (χ3n) is 1.34. The number of aryl methyl sites for hydroxylation is 1. The Morgan fingerprint density at radius 3 is 2.15 bits per heavy atom. The molecule has 0 spiro atoms. The second kappa shape index (κ2) is 6.14. The van der Waals surface area contributed by atoms with Crippen LogP contribution in [0, 0.1) is 6.92 Å². The first-order chi connectivity index (χ1) is 6.11. The summed E-state index contributed by atoms with van der Waals surface area (Å²) in [5.74, 6) is 0. The molecule has 1 aromatic rings. The van der Waals surface area contributed by atoms with Crippen LogP contribution in [0.3, 0.4) is 0 Å². The van der Waals surface area contributed by atoms with Crippen LogP contribution in [0.2, 0.25) is 0 Å². The fourth-order valence-electron chi connectivity index (χ4n) is 0.831. The maximum absolute atomic E-state index is 8.70. The Morgan fingerprint density at radius 2 is 1.85 bits per heavy atom. The molecule has 0 saturated carbocycles. The number of hydrogen-bond donors (Lipinski definition) is 2. The highest BCUT2D eigenvalue weighted by Crippen LogP contribution is 1.92. The van der Waals surface area contributed by atoms with Crippen LogP contribution in [0.5, 0.6) is 0 Å². The van der Waals surface area contributed by atoms with Crippen LogP contribution >= 0.6 is 0 Å². The first-order valence-corrected chi connectivity index (χ1v) is 3.53. The molecule has 0 heterocycles. The number of carbonyl (C=O) groups excluding carboxylic acids is 2. The van der Waals surface area contributed by atoms with Gasteiger partial charge in [-0.2, -0.15) is 9.59 Å². The number of benzene rings is 1. The smallest absolute Gasteiger partial charge is 0.423 e. The minimum atomic E-state index is -1.35. The first kappa shape index (κ1) is 11.6. The summed E-state index contributed by atoms with van der Waals surface area (Å²) in [6.45, 7) is 1.91. The van der Waals surface area contributed by atoms with Gasteiger partial charge in [0.25, 0.3) is 0 Å². The molecule has 0 aliphatic rings. The lowest BCUT2D eigenvalue weighted by Crippen LogP contribution is -2.29. The highest BCUT2D eigenvalue weighted by molar-refractivity contribution is 6.58. The standard InChI is InChI=1S/C7H9BO2.CO2/c1-6-3-2-4-7(5-6)8(9)10;2-1-3/h2-5,9-10H,1H3;. The SMILES string of the molecule is Cc1cccc(B(O)O)c1.O=C=O. The number of hydrogen-bond acceptors (Lipinski definition) is 4. The summed E-state index contributed by atoms with van der Waals surface area (Å²) in [5, 5.41) is 17.4. The van der Waals surface area contributed by atoms with Gasteiger partial charge in [-0.05, 0) is 12.4 Å². The topological polar surface area (TPSA) is 74.6 Å². The van der Waals surface area contributed by atoms with E-state index in [2.05, 4.69) is 0 Å². The van der Waals surface area contributed by atoms with Gasteiger partial charge in [0.1, 0.15) is 0 Å². The maximum Gasteiger partial charge on any atom is 0.488 e. The summed E-state index contributed by atoms with van der Waals surface area (Å²) < 4.78 is 0. The second-order valence-corrected chi connectivity index (χ2v) is 2.37. The molecule has 0 atom stereocenters. The Hall–Kier alpha value is -1.42. The summed E-state index contributed by atoms with van der Waals surface area (Å²) in [6, 6.07) is 7.12. The van der Waals surface area contributed by atoms with E-state index in [-0.39, 0.29) is 6.15 Å². The Balaban J connectivity index is 0.000000424. The molecule has 1 rings (SSSR count). The average molecular weight is 180 g/mol.